The van der Waals surface area contributed by atoms with Crippen molar-refractivity contribution in [1.82, 2.24) is 24.1 Å². The van der Waals surface area contributed by atoms with E-state index in [1.807, 2.05) is 18.2 Å². The minimum Gasteiger partial charge on any atom is -0.455 e. The van der Waals surface area contributed by atoms with Crippen LogP contribution in [-0.4, -0.2) is 24.1 Å². The first-order chi connectivity index (χ1) is 34.2. The summed E-state index contributed by atoms with van der Waals surface area (Å²) in [6, 6.07) is 79.7. The minimum atomic E-state index is 0.584. The molecule has 0 aliphatic carbocycles. The molecule has 6 nitrogen and oxygen atoms in total. The maximum atomic E-state index is 6.88. The lowest BCUT2D eigenvalue weighted by Gasteiger charge is -2.14. The molecule has 0 radical (unpaired) electrons. The number of hydrogen-bond acceptors (Lipinski definition) is 4. The molecule has 0 saturated heterocycles. The van der Waals surface area contributed by atoms with Crippen LogP contribution in [0.5, 0.6) is 0 Å². The Labute approximate surface area is 394 Å². The Kier molecular flexibility index (Phi) is 7.97. The average molecular weight is 880 g/mol. The molecule has 11 aromatic carbocycles. The summed E-state index contributed by atoms with van der Waals surface area (Å²) >= 11 is 0. The highest BCUT2D eigenvalue weighted by atomic mass is 16.3. The normalized spacial score (nSPS) is 12.1. The first-order valence-corrected chi connectivity index (χ1v) is 23.3. The number of hydrogen-bond donors (Lipinski definition) is 0. The topological polar surface area (TPSA) is 61.7 Å². The first kappa shape index (κ1) is 37.8. The summed E-state index contributed by atoms with van der Waals surface area (Å²) in [5.41, 5.74) is 11.1. The predicted octanol–water partition coefficient (Wildman–Crippen LogP) is 16.4. The Balaban J connectivity index is 0.990. The molecular weight excluding hydrogens is 843 g/mol. The minimum absolute atomic E-state index is 0.584. The molecule has 0 bridgehead atoms. The van der Waals surface area contributed by atoms with Crippen LogP contribution < -0.4 is 0 Å². The molecule has 15 aromatic rings. The number of nitrogens with zero attached hydrogens (tertiary/aromatic N) is 5. The molecule has 0 unspecified atom stereocenters. The predicted molar refractivity (Wildman–Crippen MR) is 285 cm³/mol. The summed E-state index contributed by atoms with van der Waals surface area (Å²) in [5.74, 6) is 1.80. The SMILES string of the molecule is c1ccc(-c2nc(-c3ccc4oc5c6ccccc6c(-n6c7cc8ccccc8cc7c7ccc8ccccc8c76)cc5c4c3)nc(-c3cccc4c3c3ccccc3n4-c3ccccc3)n2)cc1. The van der Waals surface area contributed by atoms with Crippen LogP contribution in [0.15, 0.2) is 229 Å². The smallest absolute Gasteiger partial charge is 0.164 e. The fourth-order valence-electron chi connectivity index (χ4n) is 11.0. The molecule has 0 amide bonds. The quantitative estimate of drug-likeness (QED) is 0.173. The van der Waals surface area contributed by atoms with Crippen LogP contribution in [0.1, 0.15) is 0 Å². The number of benzene rings is 11. The Morgan fingerprint density at radius 2 is 0.986 bits per heavy atom. The molecular formula is C63H37N5O. The van der Waals surface area contributed by atoms with E-state index in [1.165, 1.54) is 37.8 Å². The fraction of sp³-hybridized carbons (Fsp3) is 0. The van der Waals surface area contributed by atoms with E-state index in [0.717, 1.165) is 88.1 Å². The van der Waals surface area contributed by atoms with Gasteiger partial charge in [-0.15, -0.1) is 0 Å². The van der Waals surface area contributed by atoms with Crippen molar-refractivity contribution in [3.63, 3.8) is 0 Å². The molecule has 69 heavy (non-hydrogen) atoms. The fourth-order valence-corrected chi connectivity index (χ4v) is 11.0. The van der Waals surface area contributed by atoms with Crippen LogP contribution in [0.4, 0.5) is 0 Å². The number of rotatable bonds is 5. The zero-order chi connectivity index (χ0) is 45.2. The van der Waals surface area contributed by atoms with Gasteiger partial charge < -0.3 is 13.6 Å². The molecule has 320 valence electrons. The van der Waals surface area contributed by atoms with Gasteiger partial charge in [0.15, 0.2) is 17.5 Å². The molecule has 0 N–H and O–H groups in total. The highest BCUT2D eigenvalue weighted by Crippen LogP contribution is 2.45. The van der Waals surface area contributed by atoms with E-state index in [4.69, 9.17) is 19.4 Å². The third-order valence-electron chi connectivity index (χ3n) is 14.1. The summed E-state index contributed by atoms with van der Waals surface area (Å²) in [6.07, 6.45) is 0. The Morgan fingerprint density at radius 3 is 1.81 bits per heavy atom. The average Bonchev–Trinajstić information content (AvgIpc) is 4.08. The first-order valence-electron chi connectivity index (χ1n) is 23.3. The summed E-state index contributed by atoms with van der Waals surface area (Å²) in [5, 5.41) is 13.7. The second-order valence-corrected chi connectivity index (χ2v) is 17.9. The third-order valence-corrected chi connectivity index (χ3v) is 14.1. The molecule has 0 fully saturated rings. The van der Waals surface area contributed by atoms with E-state index in [2.05, 4.69) is 215 Å². The van der Waals surface area contributed by atoms with E-state index in [-0.39, 0.29) is 0 Å². The van der Waals surface area contributed by atoms with Crippen molar-refractivity contribution >= 4 is 97.9 Å². The summed E-state index contributed by atoms with van der Waals surface area (Å²) in [7, 11) is 0. The van der Waals surface area contributed by atoms with Gasteiger partial charge in [-0.25, -0.2) is 15.0 Å². The van der Waals surface area contributed by atoms with Crippen molar-refractivity contribution in [3.8, 4) is 45.5 Å². The summed E-state index contributed by atoms with van der Waals surface area (Å²) in [4.78, 5) is 15.9. The van der Waals surface area contributed by atoms with E-state index in [0.29, 0.717) is 17.5 Å². The van der Waals surface area contributed by atoms with Crippen LogP contribution in [0.3, 0.4) is 0 Å². The maximum Gasteiger partial charge on any atom is 0.164 e. The van der Waals surface area contributed by atoms with Crippen molar-refractivity contribution in [3.05, 3.63) is 224 Å². The molecule has 0 aliphatic heterocycles. The lowest BCUT2D eigenvalue weighted by molar-refractivity contribution is 0.672. The second kappa shape index (κ2) is 14.6. The van der Waals surface area contributed by atoms with Crippen molar-refractivity contribution < 1.29 is 4.42 Å². The Hall–Kier alpha value is -9.39. The van der Waals surface area contributed by atoms with E-state index >= 15 is 0 Å². The van der Waals surface area contributed by atoms with Gasteiger partial charge in [-0.2, -0.15) is 0 Å². The van der Waals surface area contributed by atoms with Crippen LogP contribution in [-0.2, 0) is 0 Å². The van der Waals surface area contributed by atoms with Gasteiger partial charge >= 0.3 is 0 Å². The largest absolute Gasteiger partial charge is 0.455 e. The van der Waals surface area contributed by atoms with Gasteiger partial charge in [0.2, 0.25) is 0 Å². The molecule has 15 rings (SSSR count). The second-order valence-electron chi connectivity index (χ2n) is 17.9. The molecule has 0 saturated carbocycles. The number of para-hydroxylation sites is 2. The van der Waals surface area contributed by atoms with E-state index < -0.39 is 0 Å². The molecule has 0 aliphatic rings. The van der Waals surface area contributed by atoms with Gasteiger partial charge in [0.1, 0.15) is 11.2 Å². The zero-order valence-electron chi connectivity index (χ0n) is 37.0. The van der Waals surface area contributed by atoms with E-state index in [1.54, 1.807) is 0 Å². The standard InChI is InChI=1S/C63H37N5O/c1-3-17-39(18-4-1)61-64-62(66-63(65-61)49-27-15-29-54-58(49)48-26-13-14-28-53(48)67(54)43-21-5-2-6-22-43)42-31-33-57-51(35-42)52-37-56(45-24-11-12-25-47(45)60(52)69-57)68-55-36-41-20-8-7-19-40(41)34-50(55)46-32-30-38-16-9-10-23-44(38)59(46)68/h1-37H. The monoisotopic (exact) mass is 879 g/mol. The molecule has 0 spiro atoms. The molecule has 4 heterocycles. The van der Waals surface area contributed by atoms with Gasteiger partial charge in [0, 0.05) is 70.9 Å². The third kappa shape index (κ3) is 5.63. The Bertz CT molecular complexity index is 4600. The van der Waals surface area contributed by atoms with Gasteiger partial charge in [-0.3, -0.25) is 0 Å². The highest BCUT2D eigenvalue weighted by molar-refractivity contribution is 6.24. The Morgan fingerprint density at radius 1 is 0.333 bits per heavy atom. The number of fused-ring (bicyclic) bond motifs is 14. The maximum absolute atomic E-state index is 6.88. The van der Waals surface area contributed by atoms with Crippen molar-refractivity contribution in [1.29, 1.82) is 0 Å². The lowest BCUT2D eigenvalue weighted by atomic mass is 10.0. The van der Waals surface area contributed by atoms with Crippen molar-refractivity contribution in [2.45, 2.75) is 0 Å². The van der Waals surface area contributed by atoms with Crippen molar-refractivity contribution in [2.75, 3.05) is 0 Å². The van der Waals surface area contributed by atoms with Crippen molar-refractivity contribution in [2.24, 2.45) is 0 Å². The summed E-state index contributed by atoms with van der Waals surface area (Å²) < 4.78 is 11.7. The number of furan rings is 1. The summed E-state index contributed by atoms with van der Waals surface area (Å²) in [6.45, 7) is 0. The van der Waals surface area contributed by atoms with Crippen LogP contribution in [0.2, 0.25) is 0 Å². The number of aromatic nitrogens is 5. The van der Waals surface area contributed by atoms with Gasteiger partial charge in [-0.05, 0) is 76.8 Å². The molecule has 0 atom stereocenters. The van der Waals surface area contributed by atoms with Crippen LogP contribution >= 0.6 is 0 Å². The van der Waals surface area contributed by atoms with Gasteiger partial charge in [0.05, 0.1) is 27.8 Å². The van der Waals surface area contributed by atoms with E-state index in [9.17, 15) is 0 Å². The lowest BCUT2D eigenvalue weighted by Crippen LogP contribution is -2.00. The molecule has 6 heteroatoms. The van der Waals surface area contributed by atoms with Gasteiger partial charge in [0.25, 0.3) is 0 Å². The zero-order valence-corrected chi connectivity index (χ0v) is 37.0. The molecule has 4 aromatic heterocycles. The highest BCUT2D eigenvalue weighted by Gasteiger charge is 2.23. The van der Waals surface area contributed by atoms with Crippen LogP contribution in [0.25, 0.3) is 143 Å². The van der Waals surface area contributed by atoms with Crippen LogP contribution in [0, 0.1) is 0 Å². The van der Waals surface area contributed by atoms with Gasteiger partial charge in [-0.1, -0.05) is 164 Å².